The van der Waals surface area contributed by atoms with Crippen molar-refractivity contribution in [3.05, 3.63) is 35.4 Å². The van der Waals surface area contributed by atoms with Crippen LogP contribution in [-0.2, 0) is 16.4 Å². The van der Waals surface area contributed by atoms with Crippen molar-refractivity contribution in [2.45, 2.75) is 18.7 Å². The number of nitrogens with zero attached hydrogens (tertiary/aromatic N) is 3. The Balaban J connectivity index is 1.87. The lowest BCUT2D eigenvalue weighted by atomic mass is 10.0. The topological polar surface area (TPSA) is 98.2 Å². The maximum Gasteiger partial charge on any atom is 0.319 e. The molecule has 2 fully saturated rings. The predicted octanol–water partition coefficient (Wildman–Crippen LogP) is -0.216. The van der Waals surface area contributed by atoms with E-state index < -0.39 is 21.9 Å². The zero-order valence-electron chi connectivity index (χ0n) is 14.8. The number of carbonyl (C=O) groups is 2. The Morgan fingerprint density at radius 1 is 1.08 bits per heavy atom. The van der Waals surface area contributed by atoms with E-state index in [2.05, 4.69) is 0 Å². The highest BCUT2D eigenvalue weighted by molar-refractivity contribution is 7.91. The number of hydrogen-bond acceptors (Lipinski definition) is 5. The molecule has 0 spiro atoms. The van der Waals surface area contributed by atoms with Crippen molar-refractivity contribution >= 4 is 21.8 Å². The van der Waals surface area contributed by atoms with E-state index >= 15 is 0 Å². The lowest BCUT2D eigenvalue weighted by Gasteiger charge is -2.44. The Morgan fingerprint density at radius 3 is 2.15 bits per heavy atom. The van der Waals surface area contributed by atoms with Gasteiger partial charge in [0.05, 0.1) is 30.2 Å². The molecule has 142 valence electrons. The summed E-state index contributed by atoms with van der Waals surface area (Å²) < 4.78 is 24.4. The number of aliphatic hydroxyl groups excluding tert-OH is 1. The van der Waals surface area contributed by atoms with E-state index in [-0.39, 0.29) is 36.6 Å². The molecule has 0 saturated carbocycles. The van der Waals surface area contributed by atoms with E-state index in [0.29, 0.717) is 17.7 Å². The zero-order chi connectivity index (χ0) is 19.1. The Hall–Kier alpha value is -2.13. The Morgan fingerprint density at radius 2 is 1.62 bits per heavy atom. The highest BCUT2D eigenvalue weighted by atomic mass is 32.2. The summed E-state index contributed by atoms with van der Waals surface area (Å²) in [6.07, 6.45) is 0. The Labute approximate surface area is 152 Å². The van der Waals surface area contributed by atoms with Gasteiger partial charge in [0.1, 0.15) is 0 Å². The summed E-state index contributed by atoms with van der Waals surface area (Å²) in [5.41, 5.74) is 1.14. The number of rotatable bonds is 2. The van der Waals surface area contributed by atoms with Gasteiger partial charge in [-0.3, -0.25) is 4.79 Å². The third kappa shape index (κ3) is 3.41. The summed E-state index contributed by atoms with van der Waals surface area (Å²) in [6, 6.07) is 5.29. The van der Waals surface area contributed by atoms with E-state index in [0.717, 1.165) is 0 Å². The van der Waals surface area contributed by atoms with Gasteiger partial charge in [0.15, 0.2) is 9.84 Å². The first-order chi connectivity index (χ1) is 12.2. The van der Waals surface area contributed by atoms with E-state index in [1.165, 1.54) is 4.90 Å². The quantitative estimate of drug-likeness (QED) is 0.764. The van der Waals surface area contributed by atoms with Crippen molar-refractivity contribution in [1.82, 2.24) is 14.7 Å². The minimum Gasteiger partial charge on any atom is -0.392 e. The second-order valence-electron chi connectivity index (χ2n) is 6.94. The summed E-state index contributed by atoms with van der Waals surface area (Å²) in [7, 11) is -0.0676. The van der Waals surface area contributed by atoms with Crippen molar-refractivity contribution < 1.29 is 23.1 Å². The van der Waals surface area contributed by atoms with Crippen LogP contribution in [0.15, 0.2) is 24.3 Å². The fourth-order valence-corrected chi connectivity index (χ4v) is 5.60. The van der Waals surface area contributed by atoms with Crippen molar-refractivity contribution in [1.29, 1.82) is 0 Å². The molecule has 1 N–H and O–H groups in total. The SMILES string of the molecule is CN(C)C(=O)N1CCN(C(=O)c2ccc(CO)cc2)[C@@H]2CS(=O)(=O)C[C@@H]21. The summed E-state index contributed by atoms with van der Waals surface area (Å²) in [6.45, 7) is 0.480. The van der Waals surface area contributed by atoms with Crippen LogP contribution >= 0.6 is 0 Å². The number of carbonyl (C=O) groups excluding carboxylic acids is 2. The van der Waals surface area contributed by atoms with E-state index in [4.69, 9.17) is 5.11 Å². The predicted molar refractivity (Wildman–Crippen MR) is 95.4 cm³/mol. The average Bonchev–Trinajstić information content (AvgIpc) is 2.94. The van der Waals surface area contributed by atoms with E-state index in [1.807, 2.05) is 0 Å². The molecule has 1 aromatic carbocycles. The molecule has 0 bridgehead atoms. The van der Waals surface area contributed by atoms with E-state index in [1.54, 1.807) is 48.2 Å². The molecule has 3 amide bonds. The standard InChI is InChI=1S/C17H23N3O5S/c1-18(2)17(23)20-8-7-19(14-10-26(24,25)11-15(14)20)16(22)13-5-3-12(9-21)4-6-13/h3-6,14-15,21H,7-11H2,1-2H3/t14-,15+/m1/s1. The molecule has 2 heterocycles. The summed E-state index contributed by atoms with van der Waals surface area (Å²) in [4.78, 5) is 29.9. The number of benzene rings is 1. The monoisotopic (exact) mass is 381 g/mol. The van der Waals surface area contributed by atoms with Crippen molar-refractivity contribution in [3.63, 3.8) is 0 Å². The molecule has 2 atom stereocenters. The fourth-order valence-electron chi connectivity index (χ4n) is 3.62. The van der Waals surface area contributed by atoms with Crippen LogP contribution in [0, 0.1) is 0 Å². The van der Waals surface area contributed by atoms with Crippen LogP contribution < -0.4 is 0 Å². The van der Waals surface area contributed by atoms with Gasteiger partial charge in [-0.1, -0.05) is 12.1 Å². The highest BCUT2D eigenvalue weighted by Gasteiger charge is 2.49. The van der Waals surface area contributed by atoms with Crippen LogP contribution in [0.4, 0.5) is 4.79 Å². The first kappa shape index (κ1) is 18.7. The number of sulfone groups is 1. The smallest absolute Gasteiger partial charge is 0.319 e. The molecule has 0 aromatic heterocycles. The lowest BCUT2D eigenvalue weighted by molar-refractivity contribution is 0.0393. The molecule has 2 aliphatic heterocycles. The molecule has 2 saturated heterocycles. The van der Waals surface area contributed by atoms with Crippen molar-refractivity contribution in [3.8, 4) is 0 Å². The molecule has 26 heavy (non-hydrogen) atoms. The number of aliphatic hydroxyl groups is 1. The van der Waals surface area contributed by atoms with Crippen LogP contribution in [0.25, 0.3) is 0 Å². The molecule has 0 aliphatic carbocycles. The first-order valence-corrected chi connectivity index (χ1v) is 10.2. The third-order valence-electron chi connectivity index (χ3n) is 4.95. The number of hydrogen-bond donors (Lipinski definition) is 1. The molecule has 8 nitrogen and oxygen atoms in total. The van der Waals surface area contributed by atoms with Crippen molar-refractivity contribution in [2.24, 2.45) is 0 Å². The lowest BCUT2D eigenvalue weighted by Crippen LogP contribution is -2.63. The maximum atomic E-state index is 12.9. The van der Waals surface area contributed by atoms with Crippen LogP contribution in [0.5, 0.6) is 0 Å². The van der Waals surface area contributed by atoms with Crippen LogP contribution in [0.1, 0.15) is 15.9 Å². The van der Waals surface area contributed by atoms with Gasteiger partial charge in [0, 0.05) is 32.7 Å². The van der Waals surface area contributed by atoms with Gasteiger partial charge < -0.3 is 19.8 Å². The van der Waals surface area contributed by atoms with Gasteiger partial charge in [-0.15, -0.1) is 0 Å². The average molecular weight is 381 g/mol. The van der Waals surface area contributed by atoms with E-state index in [9.17, 15) is 18.0 Å². The van der Waals surface area contributed by atoms with Gasteiger partial charge in [-0.25, -0.2) is 13.2 Å². The van der Waals surface area contributed by atoms with Gasteiger partial charge in [0.25, 0.3) is 5.91 Å². The minimum atomic E-state index is -3.32. The van der Waals surface area contributed by atoms with Crippen LogP contribution in [0.3, 0.4) is 0 Å². The number of amides is 3. The molecule has 9 heteroatoms. The molecule has 0 radical (unpaired) electrons. The van der Waals surface area contributed by atoms with Gasteiger partial charge in [-0.05, 0) is 17.7 Å². The summed E-state index contributed by atoms with van der Waals surface area (Å²) in [5.74, 6) is -0.502. The number of piperazine rings is 1. The molecule has 1 aromatic rings. The minimum absolute atomic E-state index is 0.108. The summed E-state index contributed by atoms with van der Waals surface area (Å²) in [5, 5.41) is 9.12. The fraction of sp³-hybridized carbons (Fsp3) is 0.529. The second-order valence-corrected chi connectivity index (χ2v) is 9.09. The van der Waals surface area contributed by atoms with Gasteiger partial charge in [-0.2, -0.15) is 0 Å². The third-order valence-corrected chi connectivity index (χ3v) is 6.65. The Bertz CT molecular complexity index is 806. The number of urea groups is 1. The second kappa shape index (κ2) is 6.88. The van der Waals surface area contributed by atoms with Gasteiger partial charge in [0.2, 0.25) is 0 Å². The summed E-state index contributed by atoms with van der Waals surface area (Å²) >= 11 is 0. The molecule has 0 unspecified atom stereocenters. The van der Waals surface area contributed by atoms with Gasteiger partial charge >= 0.3 is 6.03 Å². The molecular weight excluding hydrogens is 358 g/mol. The zero-order valence-corrected chi connectivity index (χ0v) is 15.6. The highest BCUT2D eigenvalue weighted by Crippen LogP contribution is 2.28. The number of fused-ring (bicyclic) bond motifs is 1. The first-order valence-electron chi connectivity index (χ1n) is 8.42. The molecular formula is C17H23N3O5S. The maximum absolute atomic E-state index is 12.9. The normalized spacial score (nSPS) is 24.3. The van der Waals surface area contributed by atoms with Crippen LogP contribution in [-0.4, -0.2) is 90.9 Å². The van der Waals surface area contributed by atoms with Crippen molar-refractivity contribution in [2.75, 3.05) is 38.7 Å². The largest absolute Gasteiger partial charge is 0.392 e. The molecule has 3 rings (SSSR count). The molecule has 2 aliphatic rings. The van der Waals surface area contributed by atoms with Crippen LogP contribution in [0.2, 0.25) is 0 Å². The Kier molecular flexibility index (Phi) is 4.94.